The fraction of sp³-hybridized carbons (Fsp3) is 0.526. The molecule has 6 heteroatoms. The zero-order valence-corrected chi connectivity index (χ0v) is 14.6. The van der Waals surface area contributed by atoms with Gasteiger partial charge in [0.2, 0.25) is 5.91 Å². The molecule has 1 aromatic heterocycles. The van der Waals surface area contributed by atoms with Gasteiger partial charge in [0.15, 0.2) is 5.82 Å². The molecule has 2 aliphatic rings. The minimum Gasteiger partial charge on any atom is -0.366 e. The molecule has 1 fully saturated rings. The number of aromatic amines is 1. The second-order valence-corrected chi connectivity index (χ2v) is 6.82. The van der Waals surface area contributed by atoms with Crippen LogP contribution in [0.3, 0.4) is 0 Å². The molecule has 0 saturated carbocycles. The minimum atomic E-state index is -0.240. The monoisotopic (exact) mass is 340 g/mol. The van der Waals surface area contributed by atoms with Gasteiger partial charge >= 0.3 is 0 Å². The number of nitrogens with zero attached hydrogens (tertiary/aromatic N) is 3. The van der Waals surface area contributed by atoms with Crippen LogP contribution in [-0.4, -0.2) is 45.7 Å². The van der Waals surface area contributed by atoms with Gasteiger partial charge in [-0.2, -0.15) is 5.10 Å². The second-order valence-electron chi connectivity index (χ2n) is 6.82. The Morgan fingerprint density at radius 1 is 1.40 bits per heavy atom. The quantitative estimate of drug-likeness (QED) is 0.928. The topological polar surface area (TPSA) is 71.1 Å². The predicted molar refractivity (Wildman–Crippen MR) is 93.2 cm³/mol. The maximum absolute atomic E-state index is 13.1. The molecule has 1 aliphatic carbocycles. The van der Waals surface area contributed by atoms with E-state index in [-0.39, 0.29) is 17.9 Å². The van der Waals surface area contributed by atoms with Crippen molar-refractivity contribution in [3.8, 4) is 0 Å². The molecule has 2 atom stereocenters. The number of hydrogen-bond donors (Lipinski definition) is 1. The number of hydrogen-bond acceptors (Lipinski definition) is 4. The van der Waals surface area contributed by atoms with Gasteiger partial charge in [-0.3, -0.25) is 9.89 Å². The van der Waals surface area contributed by atoms with Crippen LogP contribution in [0.25, 0.3) is 0 Å². The lowest BCUT2D eigenvalue weighted by Crippen LogP contribution is -2.44. The van der Waals surface area contributed by atoms with Crippen LogP contribution in [0.15, 0.2) is 24.3 Å². The Hall–Kier alpha value is -2.21. The number of morpholine rings is 1. The van der Waals surface area contributed by atoms with E-state index in [1.54, 1.807) is 0 Å². The van der Waals surface area contributed by atoms with Gasteiger partial charge in [0, 0.05) is 13.0 Å². The van der Waals surface area contributed by atoms with E-state index in [1.807, 2.05) is 17.0 Å². The number of nitrogens with one attached hydrogen (secondary N) is 1. The highest BCUT2D eigenvalue weighted by atomic mass is 16.5. The summed E-state index contributed by atoms with van der Waals surface area (Å²) in [4.78, 5) is 19.5. The van der Waals surface area contributed by atoms with Crippen molar-refractivity contribution in [2.45, 2.75) is 44.6 Å². The number of ether oxygens (including phenoxy) is 1. The smallest absolute Gasteiger partial charge is 0.230 e. The summed E-state index contributed by atoms with van der Waals surface area (Å²) in [5.74, 6) is 1.74. The highest BCUT2D eigenvalue weighted by Crippen LogP contribution is 2.35. The molecule has 0 spiro atoms. The summed E-state index contributed by atoms with van der Waals surface area (Å²) in [6.07, 6.45) is 3.55. The molecule has 1 amide bonds. The number of aryl methyl sites for hydroxylation is 2. The minimum absolute atomic E-state index is 0.0160. The van der Waals surface area contributed by atoms with Crippen molar-refractivity contribution in [2.75, 3.05) is 19.7 Å². The van der Waals surface area contributed by atoms with Crippen LogP contribution in [-0.2, 0) is 22.4 Å². The Morgan fingerprint density at radius 2 is 2.28 bits per heavy atom. The third kappa shape index (κ3) is 3.18. The molecule has 25 heavy (non-hydrogen) atoms. The van der Waals surface area contributed by atoms with Crippen LogP contribution in [0.2, 0.25) is 0 Å². The lowest BCUT2D eigenvalue weighted by molar-refractivity contribution is -0.140. The lowest BCUT2D eigenvalue weighted by atomic mass is 9.99. The number of carbonyl (C=O) groups excluding carboxylic acids is 1. The molecular formula is C19H24N4O2. The number of rotatable bonds is 4. The zero-order chi connectivity index (χ0) is 17.2. The summed E-state index contributed by atoms with van der Waals surface area (Å²) in [6.45, 7) is 3.81. The molecule has 2 heterocycles. The largest absolute Gasteiger partial charge is 0.366 e. The van der Waals surface area contributed by atoms with E-state index in [1.165, 1.54) is 11.1 Å². The van der Waals surface area contributed by atoms with Crippen molar-refractivity contribution in [3.63, 3.8) is 0 Å². The maximum Gasteiger partial charge on any atom is 0.230 e. The molecule has 1 saturated heterocycles. The Balaban J connectivity index is 1.47. The summed E-state index contributed by atoms with van der Waals surface area (Å²) >= 11 is 0. The van der Waals surface area contributed by atoms with E-state index < -0.39 is 0 Å². The average molecular weight is 340 g/mol. The lowest BCUT2D eigenvalue weighted by Gasteiger charge is -2.33. The molecule has 0 bridgehead atoms. The fourth-order valence-electron chi connectivity index (χ4n) is 3.84. The summed E-state index contributed by atoms with van der Waals surface area (Å²) in [7, 11) is 0. The number of carbonyl (C=O) groups is 1. The van der Waals surface area contributed by atoms with Gasteiger partial charge in [-0.1, -0.05) is 31.2 Å². The van der Waals surface area contributed by atoms with E-state index in [9.17, 15) is 4.79 Å². The molecule has 1 aliphatic heterocycles. The van der Waals surface area contributed by atoms with Crippen LogP contribution in [0, 0.1) is 0 Å². The van der Waals surface area contributed by atoms with Gasteiger partial charge in [0.1, 0.15) is 11.9 Å². The van der Waals surface area contributed by atoms with Crippen molar-refractivity contribution < 1.29 is 9.53 Å². The first-order valence-corrected chi connectivity index (χ1v) is 9.15. The van der Waals surface area contributed by atoms with Crippen LogP contribution >= 0.6 is 0 Å². The van der Waals surface area contributed by atoms with Gasteiger partial charge in [-0.05, 0) is 30.4 Å². The third-order valence-electron chi connectivity index (χ3n) is 5.13. The van der Waals surface area contributed by atoms with Gasteiger partial charge in [-0.15, -0.1) is 0 Å². The molecule has 0 radical (unpaired) electrons. The summed E-state index contributed by atoms with van der Waals surface area (Å²) in [6, 6.07) is 8.30. The van der Waals surface area contributed by atoms with Crippen molar-refractivity contribution in [1.82, 2.24) is 20.1 Å². The Bertz CT molecular complexity index is 757. The summed E-state index contributed by atoms with van der Waals surface area (Å²) in [5, 5.41) is 7.26. The molecule has 2 aromatic rings. The van der Waals surface area contributed by atoms with Crippen molar-refractivity contribution >= 4 is 5.91 Å². The van der Waals surface area contributed by atoms with Gasteiger partial charge in [0.25, 0.3) is 0 Å². The van der Waals surface area contributed by atoms with Crippen molar-refractivity contribution in [3.05, 3.63) is 47.0 Å². The van der Waals surface area contributed by atoms with Gasteiger partial charge in [0.05, 0.1) is 19.1 Å². The summed E-state index contributed by atoms with van der Waals surface area (Å²) < 4.78 is 5.83. The fourth-order valence-corrected chi connectivity index (χ4v) is 3.84. The van der Waals surface area contributed by atoms with Gasteiger partial charge in [-0.25, -0.2) is 4.98 Å². The molecule has 2 unspecified atom stereocenters. The highest BCUT2D eigenvalue weighted by Gasteiger charge is 2.35. The van der Waals surface area contributed by atoms with E-state index in [0.717, 1.165) is 31.5 Å². The van der Waals surface area contributed by atoms with E-state index in [2.05, 4.69) is 34.2 Å². The first-order chi connectivity index (χ1) is 12.3. The molecule has 1 N–H and O–H groups in total. The second kappa shape index (κ2) is 6.96. The van der Waals surface area contributed by atoms with Crippen LogP contribution in [0.4, 0.5) is 0 Å². The molecular weight excluding hydrogens is 316 g/mol. The zero-order valence-electron chi connectivity index (χ0n) is 14.6. The van der Waals surface area contributed by atoms with E-state index in [0.29, 0.717) is 25.5 Å². The van der Waals surface area contributed by atoms with E-state index in [4.69, 9.17) is 4.74 Å². The Morgan fingerprint density at radius 3 is 3.16 bits per heavy atom. The standard InChI is InChI=1S/C19H24N4O2/c1-2-5-17-20-18(22-21-17)16-12-23(10-11-25-16)19(24)15-9-8-13-6-3-4-7-14(13)15/h3-4,6-7,15-16H,2,5,8-12H2,1H3,(H,20,21,22). The average Bonchev–Trinajstić information content (AvgIpc) is 3.29. The van der Waals surface area contributed by atoms with Gasteiger partial charge < -0.3 is 9.64 Å². The predicted octanol–water partition coefficient (Wildman–Crippen LogP) is 2.39. The summed E-state index contributed by atoms with van der Waals surface area (Å²) in [5.41, 5.74) is 2.50. The number of amides is 1. The molecule has 6 nitrogen and oxygen atoms in total. The molecule has 1 aromatic carbocycles. The molecule has 132 valence electrons. The van der Waals surface area contributed by atoms with Crippen LogP contribution in [0.5, 0.6) is 0 Å². The van der Waals surface area contributed by atoms with Crippen molar-refractivity contribution in [1.29, 1.82) is 0 Å². The van der Waals surface area contributed by atoms with E-state index >= 15 is 0 Å². The van der Waals surface area contributed by atoms with Crippen LogP contribution < -0.4 is 0 Å². The first kappa shape index (κ1) is 16.3. The number of aromatic nitrogens is 3. The third-order valence-corrected chi connectivity index (χ3v) is 5.13. The SMILES string of the molecule is CCCc1nc(C2CN(C(=O)C3CCc4ccccc43)CCO2)n[nH]1. The maximum atomic E-state index is 13.1. The molecule has 4 rings (SSSR count). The van der Waals surface area contributed by atoms with Crippen LogP contribution in [0.1, 0.15) is 54.6 Å². The number of H-pyrrole nitrogens is 1. The number of benzene rings is 1. The Labute approximate surface area is 147 Å². The number of fused-ring (bicyclic) bond motifs is 1. The van der Waals surface area contributed by atoms with Crippen molar-refractivity contribution in [2.24, 2.45) is 0 Å². The Kier molecular flexibility index (Phi) is 4.53. The normalized spacial score (nSPS) is 22.8. The first-order valence-electron chi connectivity index (χ1n) is 9.15. The highest BCUT2D eigenvalue weighted by molar-refractivity contribution is 5.85.